The number of halogens is 3. The molecule has 1 fully saturated rings. The number of amides is 1. The number of para-hydroxylation sites is 1. The number of fused-ring (bicyclic) bond motifs is 2. The summed E-state index contributed by atoms with van der Waals surface area (Å²) >= 11 is 1.06. The standard InChI is InChI=1S/C18H17F3N2O2S/c1-11-9-26-16(22-11)23(10-18(19,20)21)15(24)13-8-17(13)6-7-25-14-5-3-2-4-12(14)17/h2-5,9,13H,6-8,10H2,1H3/t13-,17-/m0/s1. The van der Waals surface area contributed by atoms with Crippen molar-refractivity contribution in [3.05, 3.63) is 40.9 Å². The van der Waals surface area contributed by atoms with Gasteiger partial charge in [0, 0.05) is 22.3 Å². The molecule has 1 aliphatic heterocycles. The van der Waals surface area contributed by atoms with Crippen LogP contribution in [0.15, 0.2) is 29.6 Å². The average molecular weight is 382 g/mol. The highest BCUT2D eigenvalue weighted by Gasteiger charge is 2.62. The van der Waals surface area contributed by atoms with Crippen molar-refractivity contribution in [2.45, 2.75) is 31.4 Å². The summed E-state index contributed by atoms with van der Waals surface area (Å²) in [6, 6.07) is 7.47. The predicted octanol–water partition coefficient (Wildman–Crippen LogP) is 4.09. The number of ether oxygens (including phenoxy) is 1. The Morgan fingerprint density at radius 3 is 2.88 bits per heavy atom. The van der Waals surface area contributed by atoms with Gasteiger partial charge in [0.25, 0.3) is 0 Å². The lowest BCUT2D eigenvalue weighted by atomic mass is 9.87. The first kappa shape index (κ1) is 17.3. The van der Waals surface area contributed by atoms with Crippen LogP contribution in [0.25, 0.3) is 0 Å². The lowest BCUT2D eigenvalue weighted by Crippen LogP contribution is -2.41. The third-order valence-electron chi connectivity index (χ3n) is 5.04. The summed E-state index contributed by atoms with van der Waals surface area (Å²) in [6.45, 7) is 0.851. The molecule has 2 atom stereocenters. The third-order valence-corrected chi connectivity index (χ3v) is 6.03. The number of alkyl halides is 3. The lowest BCUT2D eigenvalue weighted by Gasteiger charge is -2.28. The van der Waals surface area contributed by atoms with E-state index in [-0.39, 0.29) is 5.13 Å². The molecule has 26 heavy (non-hydrogen) atoms. The van der Waals surface area contributed by atoms with E-state index in [1.807, 2.05) is 24.3 Å². The van der Waals surface area contributed by atoms with Gasteiger partial charge in [0.05, 0.1) is 12.3 Å². The van der Waals surface area contributed by atoms with Crippen LogP contribution in [0.5, 0.6) is 5.75 Å². The zero-order valence-corrected chi connectivity index (χ0v) is 14.9. The number of hydrogen-bond donors (Lipinski definition) is 0. The molecular formula is C18H17F3N2O2S. The second kappa shape index (κ2) is 5.97. The van der Waals surface area contributed by atoms with Crippen LogP contribution >= 0.6 is 11.3 Å². The fraction of sp³-hybridized carbons (Fsp3) is 0.444. The SMILES string of the molecule is Cc1csc(N(CC(F)(F)F)C(=O)[C@@H]2C[C@]23CCOc2ccccc23)n1. The molecule has 138 valence electrons. The monoisotopic (exact) mass is 382 g/mol. The number of anilines is 1. The van der Waals surface area contributed by atoms with E-state index in [1.54, 1.807) is 12.3 Å². The van der Waals surface area contributed by atoms with Gasteiger partial charge in [-0.2, -0.15) is 13.2 Å². The highest BCUT2D eigenvalue weighted by atomic mass is 32.1. The number of nitrogens with zero attached hydrogens (tertiary/aromatic N) is 2. The van der Waals surface area contributed by atoms with E-state index in [0.29, 0.717) is 25.1 Å². The Balaban J connectivity index is 1.64. The van der Waals surface area contributed by atoms with Gasteiger partial charge in [-0.15, -0.1) is 11.3 Å². The van der Waals surface area contributed by atoms with E-state index in [4.69, 9.17) is 4.74 Å². The summed E-state index contributed by atoms with van der Waals surface area (Å²) < 4.78 is 44.9. The highest BCUT2D eigenvalue weighted by molar-refractivity contribution is 7.14. The fourth-order valence-electron chi connectivity index (χ4n) is 3.76. The molecule has 1 aromatic heterocycles. The van der Waals surface area contributed by atoms with Gasteiger partial charge in [0.1, 0.15) is 12.3 Å². The minimum absolute atomic E-state index is 0.104. The zero-order valence-electron chi connectivity index (χ0n) is 14.0. The van der Waals surface area contributed by atoms with E-state index in [2.05, 4.69) is 4.98 Å². The molecule has 2 heterocycles. The first-order chi connectivity index (χ1) is 12.3. The molecule has 1 spiro atoms. The van der Waals surface area contributed by atoms with Crippen LogP contribution in [0.1, 0.15) is 24.1 Å². The molecule has 4 rings (SSSR count). The van der Waals surface area contributed by atoms with Crippen molar-refractivity contribution in [2.75, 3.05) is 18.1 Å². The second-order valence-corrected chi connectivity index (χ2v) is 7.66. The average Bonchev–Trinajstić information content (AvgIpc) is 3.13. The van der Waals surface area contributed by atoms with E-state index >= 15 is 0 Å². The Labute approximate surface area is 152 Å². The van der Waals surface area contributed by atoms with Crippen molar-refractivity contribution in [3.8, 4) is 5.75 Å². The Bertz CT molecular complexity index is 851. The van der Waals surface area contributed by atoms with E-state index in [1.165, 1.54) is 0 Å². The van der Waals surface area contributed by atoms with Crippen LogP contribution in [-0.4, -0.2) is 30.2 Å². The number of benzene rings is 1. The highest BCUT2D eigenvalue weighted by Crippen LogP contribution is 2.61. The number of carbonyl (C=O) groups is 1. The predicted molar refractivity (Wildman–Crippen MR) is 91.6 cm³/mol. The van der Waals surface area contributed by atoms with Crippen LogP contribution < -0.4 is 9.64 Å². The van der Waals surface area contributed by atoms with Gasteiger partial charge in [0.2, 0.25) is 5.91 Å². The van der Waals surface area contributed by atoms with Crippen molar-refractivity contribution in [1.82, 2.24) is 4.98 Å². The van der Waals surface area contributed by atoms with Gasteiger partial charge in [-0.1, -0.05) is 18.2 Å². The number of aromatic nitrogens is 1. The second-order valence-electron chi connectivity index (χ2n) is 6.82. The van der Waals surface area contributed by atoms with Crippen molar-refractivity contribution >= 4 is 22.4 Å². The van der Waals surface area contributed by atoms with Crippen LogP contribution in [0.4, 0.5) is 18.3 Å². The van der Waals surface area contributed by atoms with Gasteiger partial charge in [-0.3, -0.25) is 9.69 Å². The fourth-order valence-corrected chi connectivity index (χ4v) is 4.56. The number of thiazole rings is 1. The molecule has 0 saturated heterocycles. The molecule has 1 saturated carbocycles. The topological polar surface area (TPSA) is 42.4 Å². The van der Waals surface area contributed by atoms with Gasteiger partial charge in [-0.05, 0) is 25.8 Å². The molecule has 4 nitrogen and oxygen atoms in total. The molecule has 0 unspecified atom stereocenters. The summed E-state index contributed by atoms with van der Waals surface area (Å²) in [4.78, 5) is 17.9. The minimum Gasteiger partial charge on any atom is -0.493 e. The van der Waals surface area contributed by atoms with Crippen molar-refractivity contribution in [2.24, 2.45) is 5.92 Å². The molecule has 0 radical (unpaired) electrons. The summed E-state index contributed by atoms with van der Waals surface area (Å²) in [5.41, 5.74) is 1.11. The third kappa shape index (κ3) is 2.96. The smallest absolute Gasteiger partial charge is 0.406 e. The Morgan fingerprint density at radius 2 is 2.19 bits per heavy atom. The number of aryl methyl sites for hydroxylation is 1. The molecule has 1 aromatic carbocycles. The molecule has 8 heteroatoms. The number of carbonyl (C=O) groups excluding carboxylic acids is 1. The molecule has 1 aliphatic carbocycles. The van der Waals surface area contributed by atoms with E-state index in [0.717, 1.165) is 27.5 Å². The maximum absolute atomic E-state index is 13.1. The van der Waals surface area contributed by atoms with Gasteiger partial charge >= 0.3 is 6.18 Å². The van der Waals surface area contributed by atoms with Crippen LogP contribution in [-0.2, 0) is 10.2 Å². The van der Waals surface area contributed by atoms with Gasteiger partial charge in [-0.25, -0.2) is 4.98 Å². The molecule has 0 N–H and O–H groups in total. The Hall–Kier alpha value is -2.09. The van der Waals surface area contributed by atoms with E-state index in [9.17, 15) is 18.0 Å². The maximum atomic E-state index is 13.1. The van der Waals surface area contributed by atoms with Gasteiger partial charge < -0.3 is 4.74 Å². The van der Waals surface area contributed by atoms with Gasteiger partial charge in [0.15, 0.2) is 5.13 Å². The Kier molecular flexibility index (Phi) is 3.98. The zero-order chi connectivity index (χ0) is 18.5. The summed E-state index contributed by atoms with van der Waals surface area (Å²) in [6.07, 6.45) is -3.30. The minimum atomic E-state index is -4.48. The normalized spacial score (nSPS) is 24.1. The largest absolute Gasteiger partial charge is 0.493 e. The first-order valence-corrected chi connectivity index (χ1v) is 9.21. The molecule has 2 aromatic rings. The maximum Gasteiger partial charge on any atom is 0.406 e. The first-order valence-electron chi connectivity index (χ1n) is 8.33. The number of hydrogen-bond acceptors (Lipinski definition) is 4. The molecular weight excluding hydrogens is 365 g/mol. The van der Waals surface area contributed by atoms with Crippen molar-refractivity contribution < 1.29 is 22.7 Å². The quantitative estimate of drug-likeness (QED) is 0.803. The van der Waals surface area contributed by atoms with E-state index < -0.39 is 30.0 Å². The summed E-state index contributed by atoms with van der Waals surface area (Å²) in [5.74, 6) is -0.256. The molecule has 2 aliphatic rings. The van der Waals surface area contributed by atoms with Crippen LogP contribution in [0, 0.1) is 12.8 Å². The molecule has 0 bridgehead atoms. The molecule has 1 amide bonds. The summed E-state index contributed by atoms with van der Waals surface area (Å²) in [7, 11) is 0. The van der Waals surface area contributed by atoms with Crippen LogP contribution in [0.3, 0.4) is 0 Å². The summed E-state index contributed by atoms with van der Waals surface area (Å²) in [5, 5.41) is 1.76. The van der Waals surface area contributed by atoms with Crippen molar-refractivity contribution in [1.29, 1.82) is 0 Å². The lowest BCUT2D eigenvalue weighted by molar-refractivity contribution is -0.133. The Morgan fingerprint density at radius 1 is 1.42 bits per heavy atom. The van der Waals surface area contributed by atoms with Crippen LogP contribution in [0.2, 0.25) is 0 Å². The number of rotatable bonds is 3. The van der Waals surface area contributed by atoms with Crippen molar-refractivity contribution in [3.63, 3.8) is 0 Å².